The molecule has 6 nitrogen and oxygen atoms in total. The van der Waals surface area contributed by atoms with E-state index in [-0.39, 0.29) is 28.7 Å². The van der Waals surface area contributed by atoms with Crippen molar-refractivity contribution >= 4 is 29.2 Å². The van der Waals surface area contributed by atoms with Crippen LogP contribution in [-0.4, -0.2) is 23.3 Å². The molecule has 1 aromatic heterocycles. The topological polar surface area (TPSA) is 111 Å². The van der Waals surface area contributed by atoms with Crippen molar-refractivity contribution in [2.75, 3.05) is 12.3 Å². The van der Waals surface area contributed by atoms with Gasteiger partial charge < -0.3 is 16.8 Å². The Morgan fingerprint density at radius 2 is 2.18 bits per heavy atom. The van der Waals surface area contributed by atoms with Gasteiger partial charge in [0.1, 0.15) is 5.82 Å². The highest BCUT2D eigenvalue weighted by molar-refractivity contribution is 6.33. The Morgan fingerprint density at radius 1 is 1.47 bits per heavy atom. The maximum absolute atomic E-state index is 11.7. The number of nitrogen functional groups attached to an aromatic ring is 1. The van der Waals surface area contributed by atoms with Crippen LogP contribution in [0.1, 0.15) is 23.2 Å². The zero-order valence-electron chi connectivity index (χ0n) is 9.07. The molecule has 0 aliphatic rings. The van der Waals surface area contributed by atoms with E-state index in [0.717, 1.165) is 0 Å². The molecular formula is C10H13ClN4O2. The molecule has 0 aromatic carbocycles. The van der Waals surface area contributed by atoms with Crippen LogP contribution in [0.25, 0.3) is 0 Å². The van der Waals surface area contributed by atoms with Crippen molar-refractivity contribution in [2.24, 2.45) is 5.73 Å². The number of hydrogen-bond acceptors (Lipinski definition) is 4. The minimum Gasteiger partial charge on any atom is -0.384 e. The first-order valence-electron chi connectivity index (χ1n) is 4.98. The molecule has 1 aromatic rings. The lowest BCUT2D eigenvalue weighted by Crippen LogP contribution is -2.26. The highest BCUT2D eigenvalue weighted by atomic mass is 35.5. The van der Waals surface area contributed by atoms with Gasteiger partial charge in [0.2, 0.25) is 5.91 Å². The Balaban J connectivity index is 2.52. The van der Waals surface area contributed by atoms with Gasteiger partial charge in [0.15, 0.2) is 0 Å². The molecule has 92 valence electrons. The van der Waals surface area contributed by atoms with E-state index in [9.17, 15) is 9.59 Å². The number of primary amides is 1. The second-order valence-electron chi connectivity index (χ2n) is 3.41. The normalized spacial score (nSPS) is 9.94. The van der Waals surface area contributed by atoms with E-state index < -0.39 is 5.91 Å². The predicted octanol–water partition coefficient (Wildman–Crippen LogP) is 0.312. The van der Waals surface area contributed by atoms with E-state index in [2.05, 4.69) is 10.3 Å². The smallest absolute Gasteiger partial charge is 0.252 e. The highest BCUT2D eigenvalue weighted by Crippen LogP contribution is 2.16. The van der Waals surface area contributed by atoms with Crippen LogP contribution in [0.15, 0.2) is 12.3 Å². The number of halogens is 1. The first-order chi connectivity index (χ1) is 8.00. The number of anilines is 1. The lowest BCUT2D eigenvalue weighted by Gasteiger charge is -2.06. The van der Waals surface area contributed by atoms with Crippen molar-refractivity contribution in [1.29, 1.82) is 0 Å². The number of nitrogens with zero attached hydrogens (tertiary/aromatic N) is 1. The number of rotatable bonds is 5. The summed E-state index contributed by atoms with van der Waals surface area (Å²) < 4.78 is 0. The van der Waals surface area contributed by atoms with Gasteiger partial charge in [-0.25, -0.2) is 4.98 Å². The SMILES string of the molecule is NC(=O)CCCNC(=O)c1cc(N)ncc1Cl. The minimum absolute atomic E-state index is 0.219. The van der Waals surface area contributed by atoms with Gasteiger partial charge in [-0.1, -0.05) is 11.6 Å². The molecule has 0 unspecified atom stereocenters. The molecule has 1 heterocycles. The molecule has 2 amide bonds. The Bertz CT molecular complexity index is 436. The van der Waals surface area contributed by atoms with Crippen molar-refractivity contribution in [2.45, 2.75) is 12.8 Å². The fourth-order valence-corrected chi connectivity index (χ4v) is 1.38. The third kappa shape index (κ3) is 4.28. The van der Waals surface area contributed by atoms with E-state index in [1.54, 1.807) is 0 Å². The summed E-state index contributed by atoms with van der Waals surface area (Å²) in [6.07, 6.45) is 2.03. The highest BCUT2D eigenvalue weighted by Gasteiger charge is 2.10. The molecule has 0 saturated carbocycles. The molecule has 7 heteroatoms. The van der Waals surface area contributed by atoms with E-state index in [1.807, 2.05) is 0 Å². The van der Waals surface area contributed by atoms with E-state index in [0.29, 0.717) is 13.0 Å². The summed E-state index contributed by atoms with van der Waals surface area (Å²) in [4.78, 5) is 25.9. The van der Waals surface area contributed by atoms with Gasteiger partial charge in [-0.15, -0.1) is 0 Å². The van der Waals surface area contributed by atoms with E-state index in [1.165, 1.54) is 12.3 Å². The van der Waals surface area contributed by atoms with Crippen LogP contribution in [0, 0.1) is 0 Å². The number of aromatic nitrogens is 1. The van der Waals surface area contributed by atoms with Gasteiger partial charge >= 0.3 is 0 Å². The standard InChI is InChI=1S/C10H13ClN4O2/c11-7-5-15-8(12)4-6(7)10(17)14-3-1-2-9(13)16/h4-5H,1-3H2,(H2,12,15)(H2,13,16)(H,14,17). The Labute approximate surface area is 103 Å². The van der Waals surface area contributed by atoms with Crippen molar-refractivity contribution < 1.29 is 9.59 Å². The summed E-state index contributed by atoms with van der Waals surface area (Å²) >= 11 is 5.80. The van der Waals surface area contributed by atoms with Crippen molar-refractivity contribution in [3.05, 3.63) is 22.8 Å². The van der Waals surface area contributed by atoms with Gasteiger partial charge in [0.05, 0.1) is 10.6 Å². The van der Waals surface area contributed by atoms with Gasteiger partial charge in [0.25, 0.3) is 5.91 Å². The van der Waals surface area contributed by atoms with Gasteiger partial charge in [-0.3, -0.25) is 9.59 Å². The minimum atomic E-state index is -0.398. The first-order valence-corrected chi connectivity index (χ1v) is 5.36. The zero-order valence-corrected chi connectivity index (χ0v) is 9.83. The summed E-state index contributed by atoms with van der Waals surface area (Å²) in [5.41, 5.74) is 10.7. The molecule has 0 bridgehead atoms. The van der Waals surface area contributed by atoms with Crippen molar-refractivity contribution in [3.8, 4) is 0 Å². The van der Waals surface area contributed by atoms with Crippen LogP contribution in [0.2, 0.25) is 5.02 Å². The molecule has 0 spiro atoms. The number of hydrogen-bond donors (Lipinski definition) is 3. The summed E-state index contributed by atoms with van der Waals surface area (Å²) in [6, 6.07) is 1.39. The Hall–Kier alpha value is -1.82. The third-order valence-electron chi connectivity index (χ3n) is 2.01. The van der Waals surface area contributed by atoms with Crippen LogP contribution in [-0.2, 0) is 4.79 Å². The van der Waals surface area contributed by atoms with Crippen molar-refractivity contribution in [3.63, 3.8) is 0 Å². The predicted molar refractivity (Wildman–Crippen MR) is 64.4 cm³/mol. The molecule has 0 saturated heterocycles. The van der Waals surface area contributed by atoms with Gasteiger partial charge in [0, 0.05) is 19.2 Å². The molecule has 17 heavy (non-hydrogen) atoms. The summed E-state index contributed by atoms with van der Waals surface area (Å²) in [7, 11) is 0. The monoisotopic (exact) mass is 256 g/mol. The maximum Gasteiger partial charge on any atom is 0.252 e. The first kappa shape index (κ1) is 13.2. The molecule has 0 fully saturated rings. The molecule has 1 rings (SSSR count). The van der Waals surface area contributed by atoms with E-state index >= 15 is 0 Å². The summed E-state index contributed by atoms with van der Waals surface area (Å²) in [5.74, 6) is -0.532. The largest absolute Gasteiger partial charge is 0.384 e. The molecule has 0 aliphatic heterocycles. The lowest BCUT2D eigenvalue weighted by atomic mass is 10.2. The average molecular weight is 257 g/mol. The van der Waals surface area contributed by atoms with Crippen molar-refractivity contribution in [1.82, 2.24) is 10.3 Å². The fraction of sp³-hybridized carbons (Fsp3) is 0.300. The van der Waals surface area contributed by atoms with Crippen LogP contribution >= 0.6 is 11.6 Å². The van der Waals surface area contributed by atoms with Crippen LogP contribution in [0.5, 0.6) is 0 Å². The number of nitrogens with two attached hydrogens (primary N) is 2. The third-order valence-corrected chi connectivity index (χ3v) is 2.31. The number of nitrogens with one attached hydrogen (secondary N) is 1. The summed E-state index contributed by atoms with van der Waals surface area (Å²) in [5, 5.41) is 2.84. The van der Waals surface area contributed by atoms with Crippen LogP contribution in [0.3, 0.4) is 0 Å². The molecule has 0 atom stereocenters. The molecular weight excluding hydrogens is 244 g/mol. The van der Waals surface area contributed by atoms with Gasteiger partial charge in [-0.05, 0) is 12.5 Å². The maximum atomic E-state index is 11.7. The Kier molecular flexibility index (Phi) is 4.71. The van der Waals surface area contributed by atoms with E-state index in [4.69, 9.17) is 23.1 Å². The van der Waals surface area contributed by atoms with Crippen LogP contribution in [0.4, 0.5) is 5.82 Å². The average Bonchev–Trinajstić information content (AvgIpc) is 2.27. The molecule has 5 N–H and O–H groups in total. The van der Waals surface area contributed by atoms with Gasteiger partial charge in [-0.2, -0.15) is 0 Å². The lowest BCUT2D eigenvalue weighted by molar-refractivity contribution is -0.118. The second kappa shape index (κ2) is 6.05. The summed E-state index contributed by atoms with van der Waals surface area (Å²) in [6.45, 7) is 0.348. The number of pyridine rings is 1. The zero-order chi connectivity index (χ0) is 12.8. The van der Waals surface area contributed by atoms with Crippen LogP contribution < -0.4 is 16.8 Å². The fourth-order valence-electron chi connectivity index (χ4n) is 1.19. The number of carbonyl (C=O) groups is 2. The quantitative estimate of drug-likeness (QED) is 0.659. The molecule has 0 aliphatic carbocycles. The number of carbonyl (C=O) groups excluding carboxylic acids is 2. The molecule has 0 radical (unpaired) electrons. The number of amides is 2. The second-order valence-corrected chi connectivity index (χ2v) is 3.82. The Morgan fingerprint density at radius 3 is 2.82 bits per heavy atom.